The van der Waals surface area contributed by atoms with Crippen LogP contribution < -0.4 is 0 Å². The van der Waals surface area contributed by atoms with Crippen LogP contribution >= 0.6 is 11.8 Å². The van der Waals surface area contributed by atoms with E-state index >= 15 is 0 Å². The van der Waals surface area contributed by atoms with Gasteiger partial charge in [0.25, 0.3) is 0 Å². The molecule has 0 atom stereocenters. The monoisotopic (exact) mass is 768 g/mol. The molecule has 0 bridgehead atoms. The summed E-state index contributed by atoms with van der Waals surface area (Å²) in [6.07, 6.45) is 0. The molecule has 59 heavy (non-hydrogen) atoms. The lowest BCUT2D eigenvalue weighted by molar-refractivity contribution is 1.01. The summed E-state index contributed by atoms with van der Waals surface area (Å²) in [4.78, 5) is 13.0. The maximum absolute atomic E-state index is 5.37. The van der Waals surface area contributed by atoms with Gasteiger partial charge in [-0.05, 0) is 99.8 Å². The van der Waals surface area contributed by atoms with Crippen molar-refractivity contribution in [2.45, 2.75) is 9.79 Å². The second-order valence-corrected chi connectivity index (χ2v) is 16.5. The van der Waals surface area contributed by atoms with Crippen LogP contribution in [0.25, 0.3) is 110 Å². The molecule has 0 amide bonds. The Kier molecular flexibility index (Phi) is 6.91. The Balaban J connectivity index is 1.01. The predicted octanol–water partition coefficient (Wildman–Crippen LogP) is 14.4. The summed E-state index contributed by atoms with van der Waals surface area (Å²) in [5.74, 6) is 0.683. The fourth-order valence-electron chi connectivity index (χ4n) is 9.46. The van der Waals surface area contributed by atoms with Gasteiger partial charge in [-0.2, -0.15) is 0 Å². The van der Waals surface area contributed by atoms with Crippen LogP contribution in [0.1, 0.15) is 0 Å². The molecule has 0 spiro atoms. The zero-order valence-electron chi connectivity index (χ0n) is 31.7. The fourth-order valence-corrected chi connectivity index (χ4v) is 10.6. The molecule has 274 valence electrons. The number of para-hydroxylation sites is 1. The molecule has 0 fully saturated rings. The third-order valence-corrected chi connectivity index (χ3v) is 13.2. The van der Waals surface area contributed by atoms with Crippen molar-refractivity contribution in [2.75, 3.05) is 0 Å². The lowest BCUT2D eigenvalue weighted by Crippen LogP contribution is -2.05. The smallest absolute Gasteiger partial charge is 0.235 e. The Morgan fingerprint density at radius 3 is 1.93 bits per heavy atom. The normalized spacial score (nSPS) is 12.3. The molecular formula is C54H32N4S. The Morgan fingerprint density at radius 2 is 1.03 bits per heavy atom. The average molecular weight is 769 g/mol. The molecule has 0 N–H and O–H groups in total. The number of rotatable bonds is 4. The van der Waals surface area contributed by atoms with Crippen LogP contribution in [0, 0.1) is 0 Å². The fraction of sp³-hybridized carbons (Fsp3) is 0. The molecular weight excluding hydrogens is 737 g/mol. The Morgan fingerprint density at radius 1 is 0.373 bits per heavy atom. The first-order chi connectivity index (χ1) is 29.2. The molecule has 1 aliphatic heterocycles. The van der Waals surface area contributed by atoms with E-state index in [4.69, 9.17) is 9.97 Å². The zero-order valence-corrected chi connectivity index (χ0v) is 32.5. The zero-order chi connectivity index (χ0) is 38.6. The number of benzene rings is 9. The first-order valence-electron chi connectivity index (χ1n) is 20.0. The van der Waals surface area contributed by atoms with Crippen molar-refractivity contribution >= 4 is 77.0 Å². The standard InChI is InChI=1S/C54H32N4S/c1-2-12-33(13-3-1)35-15-10-16-38(30-35)57-47-28-26-37(32-43(47)51-39-17-5-4-14-34(39)24-29-48(51)57)36-25-27-46-42(31-36)40-18-6-8-21-45(40)58(46)54-55-44-20-11-23-50-52(44)53(56-54)41-19-7-9-22-49(41)59-50/h1-32H. The Labute approximate surface area is 343 Å². The van der Waals surface area contributed by atoms with Gasteiger partial charge in [-0.1, -0.05) is 139 Å². The van der Waals surface area contributed by atoms with Gasteiger partial charge in [0, 0.05) is 48.0 Å². The van der Waals surface area contributed by atoms with Gasteiger partial charge in [-0.3, -0.25) is 4.57 Å². The predicted molar refractivity (Wildman–Crippen MR) is 246 cm³/mol. The third-order valence-electron chi connectivity index (χ3n) is 12.1. The number of nitrogens with zero attached hydrogens (tertiary/aromatic N) is 4. The molecule has 13 rings (SSSR count). The topological polar surface area (TPSA) is 35.6 Å². The maximum Gasteiger partial charge on any atom is 0.235 e. The van der Waals surface area contributed by atoms with Gasteiger partial charge in [0.05, 0.1) is 33.3 Å². The second kappa shape index (κ2) is 12.5. The largest absolute Gasteiger partial charge is 0.309 e. The molecule has 0 saturated heterocycles. The van der Waals surface area contributed by atoms with Crippen LogP contribution in [0.3, 0.4) is 0 Å². The maximum atomic E-state index is 5.37. The van der Waals surface area contributed by atoms with Crippen molar-refractivity contribution in [3.63, 3.8) is 0 Å². The van der Waals surface area contributed by atoms with Gasteiger partial charge in [-0.25, -0.2) is 9.97 Å². The van der Waals surface area contributed by atoms with E-state index in [0.29, 0.717) is 5.95 Å². The van der Waals surface area contributed by atoms with Gasteiger partial charge in [0.1, 0.15) is 0 Å². The summed E-state index contributed by atoms with van der Waals surface area (Å²) in [6, 6.07) is 70.3. The molecule has 4 nitrogen and oxygen atoms in total. The Hall–Kier alpha value is -7.47. The first kappa shape index (κ1) is 32.6. The number of fused-ring (bicyclic) bond motifs is 10. The van der Waals surface area contributed by atoms with Crippen LogP contribution in [-0.4, -0.2) is 19.1 Å². The summed E-state index contributed by atoms with van der Waals surface area (Å²) in [5.41, 5.74) is 13.5. The third kappa shape index (κ3) is 4.86. The number of hydrogen-bond donors (Lipinski definition) is 0. The van der Waals surface area contributed by atoms with E-state index in [1.807, 2.05) is 0 Å². The van der Waals surface area contributed by atoms with Gasteiger partial charge >= 0.3 is 0 Å². The van der Waals surface area contributed by atoms with Gasteiger partial charge in [0.2, 0.25) is 5.95 Å². The average Bonchev–Trinajstić information content (AvgIpc) is 3.82. The summed E-state index contributed by atoms with van der Waals surface area (Å²) in [6.45, 7) is 0. The summed E-state index contributed by atoms with van der Waals surface area (Å²) < 4.78 is 4.68. The lowest BCUT2D eigenvalue weighted by Gasteiger charge is -2.20. The van der Waals surface area contributed by atoms with Crippen LogP contribution in [0.5, 0.6) is 0 Å². The molecule has 0 unspecified atom stereocenters. The summed E-state index contributed by atoms with van der Waals surface area (Å²) in [7, 11) is 0. The van der Waals surface area contributed by atoms with E-state index in [1.165, 1.54) is 75.4 Å². The minimum atomic E-state index is 0.683. The van der Waals surface area contributed by atoms with Crippen molar-refractivity contribution < 1.29 is 0 Å². The minimum Gasteiger partial charge on any atom is -0.309 e. The van der Waals surface area contributed by atoms with Crippen molar-refractivity contribution in [3.05, 3.63) is 194 Å². The van der Waals surface area contributed by atoms with Gasteiger partial charge in [-0.15, -0.1) is 0 Å². The highest BCUT2D eigenvalue weighted by Crippen LogP contribution is 2.47. The highest BCUT2D eigenvalue weighted by molar-refractivity contribution is 7.99. The first-order valence-corrected chi connectivity index (χ1v) is 20.8. The van der Waals surface area contributed by atoms with Crippen LogP contribution in [-0.2, 0) is 0 Å². The lowest BCUT2D eigenvalue weighted by atomic mass is 9.99. The molecule has 0 aliphatic carbocycles. The SMILES string of the molecule is c1ccc(-c2cccc(-n3c4ccc(-c5ccc6c(c5)c5ccccc5n6-c5nc6c7c(cccc7n5)Sc5ccccc5-6)cc4c4c5ccccc5ccc43)c2)cc1. The van der Waals surface area contributed by atoms with E-state index in [0.717, 1.165) is 38.9 Å². The highest BCUT2D eigenvalue weighted by atomic mass is 32.2. The van der Waals surface area contributed by atoms with E-state index < -0.39 is 0 Å². The number of aromatic nitrogens is 4. The quantitative estimate of drug-likeness (QED) is 0.179. The second-order valence-electron chi connectivity index (χ2n) is 15.4. The van der Waals surface area contributed by atoms with E-state index in [-0.39, 0.29) is 0 Å². The van der Waals surface area contributed by atoms with Crippen LogP contribution in [0.2, 0.25) is 0 Å². The Bertz CT molecular complexity index is 3710. The molecule has 5 heteroatoms. The summed E-state index contributed by atoms with van der Waals surface area (Å²) >= 11 is 1.80. The van der Waals surface area contributed by atoms with Gasteiger partial charge < -0.3 is 4.57 Å². The van der Waals surface area contributed by atoms with Crippen LogP contribution in [0.4, 0.5) is 0 Å². The van der Waals surface area contributed by atoms with Crippen molar-refractivity contribution in [2.24, 2.45) is 0 Å². The molecule has 12 aromatic rings. The molecule has 3 aromatic heterocycles. The van der Waals surface area contributed by atoms with Gasteiger partial charge in [0.15, 0.2) is 0 Å². The summed E-state index contributed by atoms with van der Waals surface area (Å²) in [5, 5.41) is 8.46. The van der Waals surface area contributed by atoms with Crippen molar-refractivity contribution in [3.8, 4) is 45.1 Å². The van der Waals surface area contributed by atoms with Crippen molar-refractivity contribution in [1.29, 1.82) is 0 Å². The molecule has 0 saturated carbocycles. The van der Waals surface area contributed by atoms with Crippen molar-refractivity contribution in [1.82, 2.24) is 19.1 Å². The minimum absolute atomic E-state index is 0.683. The van der Waals surface area contributed by atoms with E-state index in [1.54, 1.807) is 11.8 Å². The van der Waals surface area contributed by atoms with Crippen LogP contribution in [0.15, 0.2) is 204 Å². The highest BCUT2D eigenvalue weighted by Gasteiger charge is 2.24. The van der Waals surface area contributed by atoms with E-state index in [9.17, 15) is 0 Å². The molecule has 1 aliphatic rings. The number of hydrogen-bond acceptors (Lipinski definition) is 3. The van der Waals surface area contributed by atoms with E-state index in [2.05, 4.69) is 203 Å². The molecule has 4 heterocycles. The molecule has 0 radical (unpaired) electrons. The molecule has 9 aromatic carbocycles.